The summed E-state index contributed by atoms with van der Waals surface area (Å²) in [6.07, 6.45) is -1.74. The van der Waals surface area contributed by atoms with Crippen LogP contribution >= 0.6 is 0 Å². The van der Waals surface area contributed by atoms with Crippen LogP contribution in [0.25, 0.3) is 11.1 Å². The van der Waals surface area contributed by atoms with Gasteiger partial charge in [-0.3, -0.25) is 9.78 Å². The van der Waals surface area contributed by atoms with Gasteiger partial charge in [-0.2, -0.15) is 13.2 Å². The van der Waals surface area contributed by atoms with Gasteiger partial charge in [-0.05, 0) is 43.0 Å². The number of rotatable bonds is 4. The highest BCUT2D eigenvalue weighted by Gasteiger charge is 2.31. The first-order valence-electron chi connectivity index (χ1n) is 9.49. The molecule has 7 nitrogen and oxygen atoms in total. The van der Waals surface area contributed by atoms with Gasteiger partial charge in [-0.1, -0.05) is 0 Å². The highest BCUT2D eigenvalue weighted by atomic mass is 19.4. The lowest BCUT2D eigenvalue weighted by Gasteiger charge is -2.32. The van der Waals surface area contributed by atoms with Crippen molar-refractivity contribution >= 4 is 28.5 Å². The molecule has 1 aliphatic heterocycles. The van der Waals surface area contributed by atoms with Gasteiger partial charge in [0.1, 0.15) is 5.82 Å². The highest BCUT2D eigenvalue weighted by molar-refractivity contribution is 5.92. The summed E-state index contributed by atoms with van der Waals surface area (Å²) in [5.41, 5.74) is 0.703. The Balaban J connectivity index is 1.29. The number of hydrogen-bond acceptors (Lipinski definition) is 5. The maximum absolute atomic E-state index is 12.7. The number of hydrogen-bond donors (Lipinski definition) is 2. The molecule has 10 heteroatoms. The molecule has 0 spiro atoms. The summed E-state index contributed by atoms with van der Waals surface area (Å²) >= 11 is 0. The molecule has 1 aromatic carbocycles. The van der Waals surface area contributed by atoms with E-state index in [2.05, 4.69) is 15.3 Å². The fraction of sp³-hybridized carbons (Fsp3) is 0.350. The van der Waals surface area contributed by atoms with E-state index in [4.69, 9.17) is 4.42 Å². The average Bonchev–Trinajstić information content (AvgIpc) is 3.07. The fourth-order valence-electron chi connectivity index (χ4n) is 3.60. The van der Waals surface area contributed by atoms with Crippen molar-refractivity contribution in [3.63, 3.8) is 0 Å². The topological polar surface area (TPSA) is 91.2 Å². The molecule has 158 valence electrons. The number of carbonyl (C=O) groups is 1. The molecular weight excluding hydrogens is 401 g/mol. The molecule has 1 amide bonds. The third-order valence-electron chi connectivity index (χ3n) is 5.19. The molecule has 1 aliphatic rings. The van der Waals surface area contributed by atoms with E-state index in [9.17, 15) is 22.8 Å². The number of H-pyrrole nitrogens is 1. The van der Waals surface area contributed by atoms with Gasteiger partial charge >= 0.3 is 11.9 Å². The highest BCUT2D eigenvalue weighted by Crippen LogP contribution is 2.30. The molecular formula is C20H19F3N4O3. The Labute approximate surface area is 168 Å². The van der Waals surface area contributed by atoms with Gasteiger partial charge in [-0.25, -0.2) is 9.78 Å². The number of aromatic nitrogens is 2. The minimum atomic E-state index is -4.40. The van der Waals surface area contributed by atoms with Crippen LogP contribution in [0.2, 0.25) is 0 Å². The first kappa shape index (κ1) is 20.0. The monoisotopic (exact) mass is 420 g/mol. The quantitative estimate of drug-likeness (QED) is 0.670. The van der Waals surface area contributed by atoms with Gasteiger partial charge in [0.05, 0.1) is 11.1 Å². The van der Waals surface area contributed by atoms with Crippen LogP contribution in [0.4, 0.5) is 24.7 Å². The van der Waals surface area contributed by atoms with Gasteiger partial charge in [0.25, 0.3) is 0 Å². The van der Waals surface area contributed by atoms with Crippen LogP contribution in [0.5, 0.6) is 0 Å². The summed E-state index contributed by atoms with van der Waals surface area (Å²) < 4.78 is 43.0. The number of pyridine rings is 1. The first-order valence-corrected chi connectivity index (χ1v) is 9.49. The van der Waals surface area contributed by atoms with Crippen LogP contribution < -0.4 is 16.0 Å². The SMILES string of the molecule is O=C(CC1CCN(c2ccc(C(F)(F)F)cn2)CC1)Nc1ccc2[nH]c(=O)oc2c1. The van der Waals surface area contributed by atoms with Gasteiger partial charge in [0.2, 0.25) is 5.91 Å². The van der Waals surface area contributed by atoms with E-state index < -0.39 is 17.5 Å². The summed E-state index contributed by atoms with van der Waals surface area (Å²) in [6, 6.07) is 7.34. The van der Waals surface area contributed by atoms with Crippen molar-refractivity contribution in [1.29, 1.82) is 0 Å². The standard InChI is InChI=1S/C20H19F3N4O3/c21-20(22,23)13-1-4-17(24-11-13)27-7-5-12(6-8-27)9-18(28)25-14-2-3-15-16(10-14)30-19(29)26-15/h1-4,10-12H,5-9H2,(H,25,28)(H,26,29). The number of benzene rings is 1. The Bertz CT molecular complexity index is 1100. The molecule has 0 bridgehead atoms. The van der Waals surface area contributed by atoms with E-state index in [1.54, 1.807) is 18.2 Å². The van der Waals surface area contributed by atoms with Gasteiger partial charge in [0.15, 0.2) is 5.58 Å². The predicted octanol–water partition coefficient (Wildman–Crippen LogP) is 3.78. The molecule has 3 aromatic rings. The Kier molecular flexibility index (Phi) is 5.23. The summed E-state index contributed by atoms with van der Waals surface area (Å²) in [5.74, 6) is -0.0158. The van der Waals surface area contributed by atoms with Crippen molar-refractivity contribution in [2.75, 3.05) is 23.3 Å². The number of oxazole rings is 1. The van der Waals surface area contributed by atoms with Crippen molar-refractivity contribution in [3.8, 4) is 0 Å². The lowest BCUT2D eigenvalue weighted by atomic mass is 9.93. The van der Waals surface area contributed by atoms with Crippen molar-refractivity contribution in [1.82, 2.24) is 9.97 Å². The average molecular weight is 420 g/mol. The van der Waals surface area contributed by atoms with Gasteiger partial charge < -0.3 is 14.6 Å². The van der Waals surface area contributed by atoms with E-state index in [-0.39, 0.29) is 11.8 Å². The number of amides is 1. The van der Waals surface area contributed by atoms with Crippen LogP contribution in [0, 0.1) is 5.92 Å². The number of aromatic amines is 1. The third kappa shape index (κ3) is 4.47. The summed E-state index contributed by atoms with van der Waals surface area (Å²) in [6.45, 7) is 1.24. The van der Waals surface area contributed by atoms with E-state index in [1.165, 1.54) is 6.07 Å². The third-order valence-corrected chi connectivity index (χ3v) is 5.19. The zero-order valence-corrected chi connectivity index (χ0v) is 15.8. The molecule has 3 heterocycles. The molecule has 2 N–H and O–H groups in total. The van der Waals surface area contributed by atoms with Crippen LogP contribution in [0.15, 0.2) is 45.7 Å². The summed E-state index contributed by atoms with van der Waals surface area (Å²) in [5, 5.41) is 2.81. The van der Waals surface area contributed by atoms with Gasteiger partial charge in [0, 0.05) is 37.5 Å². The minimum Gasteiger partial charge on any atom is -0.408 e. The van der Waals surface area contributed by atoms with Gasteiger partial charge in [-0.15, -0.1) is 0 Å². The number of piperidine rings is 1. The first-order chi connectivity index (χ1) is 14.3. The summed E-state index contributed by atoms with van der Waals surface area (Å²) in [4.78, 5) is 32.0. The Morgan fingerprint density at radius 1 is 1.23 bits per heavy atom. The Hall–Kier alpha value is -3.30. The molecule has 0 saturated carbocycles. The molecule has 1 saturated heterocycles. The van der Waals surface area contributed by atoms with Crippen molar-refractivity contribution in [2.45, 2.75) is 25.4 Å². The Morgan fingerprint density at radius 3 is 2.67 bits per heavy atom. The number of alkyl halides is 3. The second kappa shape index (κ2) is 7.85. The van der Waals surface area contributed by atoms with Crippen LogP contribution in [0.3, 0.4) is 0 Å². The van der Waals surface area contributed by atoms with E-state index in [0.717, 1.165) is 25.1 Å². The van der Waals surface area contributed by atoms with Crippen LogP contribution in [0.1, 0.15) is 24.8 Å². The molecule has 0 atom stereocenters. The number of carbonyl (C=O) groups excluding carboxylic acids is 1. The molecule has 30 heavy (non-hydrogen) atoms. The molecule has 4 rings (SSSR count). The largest absolute Gasteiger partial charge is 0.417 e. The van der Waals surface area contributed by atoms with Crippen molar-refractivity contribution in [2.24, 2.45) is 5.92 Å². The van der Waals surface area contributed by atoms with E-state index in [1.807, 2.05) is 4.90 Å². The number of nitrogens with zero attached hydrogens (tertiary/aromatic N) is 2. The molecule has 0 aliphatic carbocycles. The molecule has 2 aromatic heterocycles. The van der Waals surface area contributed by atoms with E-state index in [0.29, 0.717) is 42.1 Å². The smallest absolute Gasteiger partial charge is 0.408 e. The van der Waals surface area contributed by atoms with Crippen LogP contribution in [-0.4, -0.2) is 29.0 Å². The second-order valence-corrected chi connectivity index (χ2v) is 7.31. The van der Waals surface area contributed by atoms with Crippen molar-refractivity contribution < 1.29 is 22.4 Å². The Morgan fingerprint density at radius 2 is 2.00 bits per heavy atom. The van der Waals surface area contributed by atoms with Crippen molar-refractivity contribution in [3.05, 3.63) is 52.6 Å². The number of anilines is 2. The number of fused-ring (bicyclic) bond motifs is 1. The molecule has 1 fully saturated rings. The van der Waals surface area contributed by atoms with Crippen LogP contribution in [-0.2, 0) is 11.0 Å². The maximum Gasteiger partial charge on any atom is 0.417 e. The summed E-state index contributed by atoms with van der Waals surface area (Å²) in [7, 11) is 0. The predicted molar refractivity (Wildman–Crippen MR) is 104 cm³/mol. The second-order valence-electron chi connectivity index (χ2n) is 7.31. The molecule has 0 radical (unpaired) electrons. The molecule has 0 unspecified atom stereocenters. The maximum atomic E-state index is 12.7. The normalized spacial score (nSPS) is 15.5. The number of halogens is 3. The zero-order chi connectivity index (χ0) is 21.3. The minimum absolute atomic E-state index is 0.140. The number of nitrogens with one attached hydrogen (secondary N) is 2. The fourth-order valence-corrected chi connectivity index (χ4v) is 3.60. The van der Waals surface area contributed by atoms with E-state index >= 15 is 0 Å². The lowest BCUT2D eigenvalue weighted by molar-refractivity contribution is -0.137. The zero-order valence-electron chi connectivity index (χ0n) is 15.8. The lowest BCUT2D eigenvalue weighted by Crippen LogP contribution is -2.35.